The van der Waals surface area contributed by atoms with Crippen molar-refractivity contribution in [3.8, 4) is 0 Å². The van der Waals surface area contributed by atoms with Gasteiger partial charge >= 0.3 is 0 Å². The van der Waals surface area contributed by atoms with Crippen LogP contribution >= 0.6 is 15.9 Å². The normalized spacial score (nSPS) is 15.9. The summed E-state index contributed by atoms with van der Waals surface area (Å²) in [4.78, 5) is 25.2. The number of amides is 2. The number of rotatable bonds is 4. The fourth-order valence-corrected chi connectivity index (χ4v) is 3.75. The molecule has 1 aliphatic rings. The molecule has 1 aromatic heterocycles. The SMILES string of the molecule is Cc1ccc(Cc2cc(C(=O)N[C@H]3CCc4ccc(Br)cc4NC3=O)[nH]n2)cc1. The van der Waals surface area contributed by atoms with Crippen LogP contribution in [-0.2, 0) is 17.6 Å². The number of aryl methyl sites for hydroxylation is 2. The highest BCUT2D eigenvalue weighted by molar-refractivity contribution is 9.10. The first-order valence-electron chi connectivity index (χ1n) is 9.48. The average molecular weight is 453 g/mol. The standard InChI is InChI=1S/C22H21BrN4O2/c1-13-2-4-14(5-3-13)10-17-12-20(27-26-17)22(29)24-18-9-7-15-6-8-16(23)11-19(15)25-21(18)28/h2-6,8,11-12,18H,7,9-10H2,1H3,(H,24,29)(H,25,28)(H,26,27)/t18-/m0/s1. The van der Waals surface area contributed by atoms with Gasteiger partial charge in [0.25, 0.3) is 5.91 Å². The zero-order chi connectivity index (χ0) is 20.4. The number of nitrogens with zero attached hydrogens (tertiary/aromatic N) is 1. The molecule has 0 radical (unpaired) electrons. The molecule has 0 saturated heterocycles. The number of carbonyl (C=O) groups excluding carboxylic acids is 2. The van der Waals surface area contributed by atoms with Gasteiger partial charge in [0.1, 0.15) is 11.7 Å². The van der Waals surface area contributed by atoms with Crippen LogP contribution in [0.4, 0.5) is 5.69 Å². The van der Waals surface area contributed by atoms with Gasteiger partial charge in [-0.05, 0) is 49.1 Å². The summed E-state index contributed by atoms with van der Waals surface area (Å²) >= 11 is 3.42. The van der Waals surface area contributed by atoms with Crippen molar-refractivity contribution in [2.45, 2.75) is 32.2 Å². The summed E-state index contributed by atoms with van der Waals surface area (Å²) in [6, 6.07) is 15.1. The third-order valence-corrected chi connectivity index (χ3v) is 5.53. The van der Waals surface area contributed by atoms with Crippen molar-refractivity contribution >= 4 is 33.4 Å². The van der Waals surface area contributed by atoms with Gasteiger partial charge in [0.05, 0.1) is 5.69 Å². The maximum absolute atomic E-state index is 12.6. The van der Waals surface area contributed by atoms with Gasteiger partial charge in [0.15, 0.2) is 0 Å². The molecule has 2 aromatic carbocycles. The first-order valence-corrected chi connectivity index (χ1v) is 10.3. The summed E-state index contributed by atoms with van der Waals surface area (Å²) in [5, 5.41) is 12.7. The number of H-pyrrole nitrogens is 1. The number of hydrogen-bond donors (Lipinski definition) is 3. The van der Waals surface area contributed by atoms with Crippen LogP contribution in [0.15, 0.2) is 53.0 Å². The van der Waals surface area contributed by atoms with E-state index < -0.39 is 6.04 Å². The van der Waals surface area contributed by atoms with Gasteiger partial charge in [-0.3, -0.25) is 14.7 Å². The summed E-state index contributed by atoms with van der Waals surface area (Å²) in [5.41, 5.74) is 5.29. The predicted molar refractivity (Wildman–Crippen MR) is 115 cm³/mol. The molecular weight excluding hydrogens is 432 g/mol. The molecule has 3 N–H and O–H groups in total. The van der Waals surface area contributed by atoms with Gasteiger partial charge in [-0.1, -0.05) is 51.8 Å². The summed E-state index contributed by atoms with van der Waals surface area (Å²) < 4.78 is 0.901. The number of aromatic nitrogens is 2. The van der Waals surface area contributed by atoms with Crippen molar-refractivity contribution in [2.75, 3.05) is 5.32 Å². The Labute approximate surface area is 177 Å². The Balaban J connectivity index is 1.41. The van der Waals surface area contributed by atoms with Crippen LogP contribution in [0, 0.1) is 6.92 Å². The Morgan fingerprint density at radius 2 is 2.00 bits per heavy atom. The molecule has 1 aliphatic heterocycles. The number of halogens is 1. The molecule has 0 unspecified atom stereocenters. The van der Waals surface area contributed by atoms with Gasteiger partial charge in [0.2, 0.25) is 5.91 Å². The number of benzene rings is 2. The minimum absolute atomic E-state index is 0.213. The van der Waals surface area contributed by atoms with Gasteiger partial charge in [-0.2, -0.15) is 5.10 Å². The second kappa shape index (κ2) is 8.21. The van der Waals surface area contributed by atoms with Gasteiger partial charge < -0.3 is 10.6 Å². The first-order chi connectivity index (χ1) is 14.0. The highest BCUT2D eigenvalue weighted by atomic mass is 79.9. The molecule has 0 aliphatic carbocycles. The minimum Gasteiger partial charge on any atom is -0.339 e. The maximum Gasteiger partial charge on any atom is 0.269 e. The van der Waals surface area contributed by atoms with Crippen molar-refractivity contribution in [3.05, 3.63) is 81.1 Å². The molecule has 29 heavy (non-hydrogen) atoms. The van der Waals surface area contributed by atoms with E-state index in [2.05, 4.69) is 61.0 Å². The fourth-order valence-electron chi connectivity index (χ4n) is 3.39. The molecular formula is C22H21BrN4O2. The molecule has 0 spiro atoms. The van der Waals surface area contributed by atoms with Gasteiger partial charge in [-0.25, -0.2) is 0 Å². The van der Waals surface area contributed by atoms with Crippen LogP contribution in [0.3, 0.4) is 0 Å². The van der Waals surface area contributed by atoms with Crippen molar-refractivity contribution in [3.63, 3.8) is 0 Å². The van der Waals surface area contributed by atoms with E-state index in [-0.39, 0.29) is 11.8 Å². The number of aromatic amines is 1. The number of anilines is 1. The smallest absolute Gasteiger partial charge is 0.269 e. The van der Waals surface area contributed by atoms with E-state index in [4.69, 9.17) is 0 Å². The zero-order valence-corrected chi connectivity index (χ0v) is 17.5. The summed E-state index contributed by atoms with van der Waals surface area (Å²) in [6.07, 6.45) is 1.88. The van der Waals surface area contributed by atoms with E-state index in [1.54, 1.807) is 6.07 Å². The molecule has 0 saturated carbocycles. The Morgan fingerprint density at radius 3 is 2.79 bits per heavy atom. The van der Waals surface area contributed by atoms with E-state index in [0.717, 1.165) is 27.0 Å². The Morgan fingerprint density at radius 1 is 1.21 bits per heavy atom. The van der Waals surface area contributed by atoms with Crippen LogP contribution in [0.25, 0.3) is 0 Å². The van der Waals surface area contributed by atoms with E-state index in [1.165, 1.54) is 5.56 Å². The summed E-state index contributed by atoms with van der Waals surface area (Å²) in [7, 11) is 0. The van der Waals surface area contributed by atoms with E-state index in [0.29, 0.717) is 25.0 Å². The van der Waals surface area contributed by atoms with Crippen molar-refractivity contribution in [2.24, 2.45) is 0 Å². The molecule has 148 valence electrons. The Kier molecular flexibility index (Phi) is 5.49. The molecule has 0 fully saturated rings. The van der Waals surface area contributed by atoms with Crippen molar-refractivity contribution in [1.82, 2.24) is 15.5 Å². The molecule has 0 bridgehead atoms. The molecule has 4 rings (SSSR count). The molecule has 1 atom stereocenters. The zero-order valence-electron chi connectivity index (χ0n) is 16.0. The second-order valence-electron chi connectivity index (χ2n) is 7.29. The lowest BCUT2D eigenvalue weighted by atomic mass is 10.1. The molecule has 6 nitrogen and oxygen atoms in total. The van der Waals surface area contributed by atoms with Crippen molar-refractivity contribution < 1.29 is 9.59 Å². The molecule has 2 amide bonds. The van der Waals surface area contributed by atoms with Gasteiger partial charge in [-0.15, -0.1) is 0 Å². The highest BCUT2D eigenvalue weighted by Gasteiger charge is 2.26. The lowest BCUT2D eigenvalue weighted by Crippen LogP contribution is -2.43. The fraction of sp³-hybridized carbons (Fsp3) is 0.227. The van der Waals surface area contributed by atoms with Crippen LogP contribution in [-0.4, -0.2) is 28.1 Å². The van der Waals surface area contributed by atoms with Crippen molar-refractivity contribution in [1.29, 1.82) is 0 Å². The lowest BCUT2D eigenvalue weighted by Gasteiger charge is -2.14. The Hall–Kier alpha value is -2.93. The van der Waals surface area contributed by atoms with Crippen LogP contribution in [0.1, 0.15) is 39.3 Å². The topological polar surface area (TPSA) is 86.9 Å². The van der Waals surface area contributed by atoms with Crippen LogP contribution < -0.4 is 10.6 Å². The largest absolute Gasteiger partial charge is 0.339 e. The number of fused-ring (bicyclic) bond motifs is 1. The molecule has 7 heteroatoms. The second-order valence-corrected chi connectivity index (χ2v) is 8.21. The lowest BCUT2D eigenvalue weighted by molar-refractivity contribution is -0.118. The average Bonchev–Trinajstić information content (AvgIpc) is 3.10. The monoisotopic (exact) mass is 452 g/mol. The highest BCUT2D eigenvalue weighted by Crippen LogP contribution is 2.26. The molecule has 2 heterocycles. The maximum atomic E-state index is 12.6. The van der Waals surface area contributed by atoms with E-state index >= 15 is 0 Å². The summed E-state index contributed by atoms with van der Waals surface area (Å²) in [5.74, 6) is -0.547. The summed E-state index contributed by atoms with van der Waals surface area (Å²) in [6.45, 7) is 2.04. The number of hydrogen-bond acceptors (Lipinski definition) is 3. The van der Waals surface area contributed by atoms with Crippen LogP contribution in [0.5, 0.6) is 0 Å². The minimum atomic E-state index is -0.600. The van der Waals surface area contributed by atoms with E-state index in [1.807, 2.05) is 25.1 Å². The molecule has 3 aromatic rings. The third kappa shape index (κ3) is 4.56. The number of nitrogens with one attached hydrogen (secondary N) is 3. The quantitative estimate of drug-likeness (QED) is 0.563. The predicted octanol–water partition coefficient (Wildman–Crippen LogP) is 3.75. The third-order valence-electron chi connectivity index (χ3n) is 5.04. The van der Waals surface area contributed by atoms with Crippen LogP contribution in [0.2, 0.25) is 0 Å². The first kappa shape index (κ1) is 19.4. The van der Waals surface area contributed by atoms with E-state index in [9.17, 15) is 9.59 Å². The number of carbonyl (C=O) groups is 2. The van der Waals surface area contributed by atoms with Gasteiger partial charge in [0, 0.05) is 16.6 Å². The Bertz CT molecular complexity index is 1060.